The van der Waals surface area contributed by atoms with E-state index >= 15 is 0 Å². The number of rotatable bonds is 3. The van der Waals surface area contributed by atoms with E-state index in [1.807, 2.05) is 26.0 Å². The molecule has 0 bridgehead atoms. The van der Waals surface area contributed by atoms with E-state index < -0.39 is 11.9 Å². The van der Waals surface area contributed by atoms with E-state index in [-0.39, 0.29) is 5.91 Å². The fraction of sp³-hybridized carbons (Fsp3) is 0.333. The number of benzene rings is 1. The van der Waals surface area contributed by atoms with Crippen molar-refractivity contribution in [3.05, 3.63) is 47.2 Å². The normalized spacial score (nSPS) is 17.1. The van der Waals surface area contributed by atoms with Crippen molar-refractivity contribution in [1.29, 1.82) is 0 Å². The van der Waals surface area contributed by atoms with Gasteiger partial charge >= 0.3 is 0 Å². The van der Waals surface area contributed by atoms with Crippen LogP contribution in [0.25, 0.3) is 11.3 Å². The number of hydrogen-bond acceptors (Lipinski definition) is 4. The molecule has 0 spiro atoms. The van der Waals surface area contributed by atoms with Gasteiger partial charge in [-0.25, -0.2) is 0 Å². The lowest BCUT2D eigenvalue weighted by atomic mass is 10.0. The zero-order valence-electron chi connectivity index (χ0n) is 13.8. The molecular weight excluding hydrogens is 304 g/mol. The van der Waals surface area contributed by atoms with E-state index in [1.165, 1.54) is 0 Å². The van der Waals surface area contributed by atoms with Gasteiger partial charge in [-0.2, -0.15) is 10.2 Å². The molecule has 1 fully saturated rings. The first-order valence-corrected chi connectivity index (χ1v) is 7.98. The van der Waals surface area contributed by atoms with Crippen LogP contribution in [0.1, 0.15) is 34.3 Å². The summed E-state index contributed by atoms with van der Waals surface area (Å²) in [5, 5.41) is 8.18. The molecule has 0 saturated carbocycles. The van der Waals surface area contributed by atoms with E-state index in [1.54, 1.807) is 23.2 Å². The maximum absolute atomic E-state index is 12.6. The van der Waals surface area contributed by atoms with E-state index in [4.69, 9.17) is 5.73 Å². The van der Waals surface area contributed by atoms with Gasteiger partial charge in [-0.05, 0) is 49.9 Å². The predicted octanol–water partition coefficient (Wildman–Crippen LogP) is 1.85. The van der Waals surface area contributed by atoms with E-state index in [0.29, 0.717) is 18.5 Å². The molecule has 0 unspecified atom stereocenters. The van der Waals surface area contributed by atoms with Crippen molar-refractivity contribution in [2.45, 2.75) is 32.7 Å². The van der Waals surface area contributed by atoms with Crippen molar-refractivity contribution in [3.63, 3.8) is 0 Å². The molecule has 1 atom stereocenters. The highest BCUT2D eigenvalue weighted by Gasteiger charge is 2.33. The molecule has 2 heterocycles. The molecule has 24 heavy (non-hydrogen) atoms. The summed E-state index contributed by atoms with van der Waals surface area (Å²) in [6.45, 7) is 4.56. The molecule has 1 aliphatic heterocycles. The number of nitrogens with zero attached hydrogens (tertiary/aromatic N) is 3. The van der Waals surface area contributed by atoms with Gasteiger partial charge in [-0.3, -0.25) is 9.59 Å². The van der Waals surface area contributed by atoms with Crippen LogP contribution in [0.2, 0.25) is 0 Å². The molecule has 124 valence electrons. The Kier molecular flexibility index (Phi) is 4.29. The van der Waals surface area contributed by atoms with Crippen LogP contribution in [0.4, 0.5) is 0 Å². The molecule has 1 aromatic carbocycles. The summed E-state index contributed by atoms with van der Waals surface area (Å²) in [7, 11) is 0. The van der Waals surface area contributed by atoms with Crippen molar-refractivity contribution in [2.24, 2.45) is 5.73 Å². The van der Waals surface area contributed by atoms with Crippen molar-refractivity contribution in [3.8, 4) is 11.3 Å². The van der Waals surface area contributed by atoms with Crippen LogP contribution >= 0.6 is 0 Å². The van der Waals surface area contributed by atoms with Crippen molar-refractivity contribution in [2.75, 3.05) is 6.54 Å². The number of aromatic nitrogens is 2. The first-order valence-electron chi connectivity index (χ1n) is 7.98. The van der Waals surface area contributed by atoms with Crippen LogP contribution in [0, 0.1) is 13.8 Å². The smallest absolute Gasteiger partial charge is 0.254 e. The Morgan fingerprint density at radius 2 is 1.92 bits per heavy atom. The van der Waals surface area contributed by atoms with Gasteiger partial charge < -0.3 is 10.6 Å². The minimum absolute atomic E-state index is 0.158. The minimum Gasteiger partial charge on any atom is -0.368 e. The topological polar surface area (TPSA) is 89.2 Å². The number of hydrogen-bond donors (Lipinski definition) is 1. The Bertz CT molecular complexity index is 786. The van der Waals surface area contributed by atoms with Gasteiger partial charge in [0.15, 0.2) is 0 Å². The molecular formula is C18H20N4O2. The average molecular weight is 324 g/mol. The predicted molar refractivity (Wildman–Crippen MR) is 90.2 cm³/mol. The second-order valence-corrected chi connectivity index (χ2v) is 6.14. The Hall–Kier alpha value is -2.76. The maximum Gasteiger partial charge on any atom is 0.254 e. The van der Waals surface area contributed by atoms with Crippen LogP contribution in [0.5, 0.6) is 0 Å². The molecule has 1 aromatic heterocycles. The number of carbonyl (C=O) groups is 2. The first kappa shape index (κ1) is 16.1. The number of carbonyl (C=O) groups excluding carboxylic acids is 2. The number of likely N-dealkylation sites (tertiary alicyclic amines) is 1. The van der Waals surface area contributed by atoms with Crippen LogP contribution in [0.15, 0.2) is 30.5 Å². The van der Waals surface area contributed by atoms with Gasteiger partial charge in [0.1, 0.15) is 6.04 Å². The molecule has 2 N–H and O–H groups in total. The van der Waals surface area contributed by atoms with E-state index in [2.05, 4.69) is 10.2 Å². The molecule has 6 heteroatoms. The fourth-order valence-electron chi connectivity index (χ4n) is 3.05. The third-order valence-electron chi connectivity index (χ3n) is 4.60. The van der Waals surface area contributed by atoms with Gasteiger partial charge in [0, 0.05) is 17.7 Å². The maximum atomic E-state index is 12.6. The van der Waals surface area contributed by atoms with Crippen molar-refractivity contribution < 1.29 is 9.59 Å². The minimum atomic E-state index is -0.498. The molecule has 1 saturated heterocycles. The summed E-state index contributed by atoms with van der Waals surface area (Å²) in [6, 6.07) is 6.75. The summed E-state index contributed by atoms with van der Waals surface area (Å²) in [5.41, 5.74) is 9.79. The molecule has 6 nitrogen and oxygen atoms in total. The summed E-state index contributed by atoms with van der Waals surface area (Å²) in [4.78, 5) is 25.7. The molecule has 2 amide bonds. The molecule has 3 rings (SSSR count). The van der Waals surface area contributed by atoms with E-state index in [9.17, 15) is 9.59 Å². The lowest BCUT2D eigenvalue weighted by Gasteiger charge is -2.22. The lowest BCUT2D eigenvalue weighted by Crippen LogP contribution is -2.43. The average Bonchev–Trinajstić information content (AvgIpc) is 3.07. The quantitative estimate of drug-likeness (QED) is 0.933. The van der Waals surface area contributed by atoms with Crippen molar-refractivity contribution >= 4 is 11.8 Å². The van der Waals surface area contributed by atoms with Gasteiger partial charge in [0.2, 0.25) is 5.91 Å². The standard InChI is InChI=1S/C18H20N4O2/c1-11-10-20-21-16(12(11)2)13-5-7-14(8-6-13)18(24)22-9-3-4-15(22)17(19)23/h5-8,10,15H,3-4,9H2,1-2H3,(H2,19,23)/t15-/m0/s1. The Balaban J connectivity index is 1.86. The SMILES string of the molecule is Cc1cnnc(-c2ccc(C(=O)N3CCC[C@H]3C(N)=O)cc2)c1C. The Labute approximate surface area is 140 Å². The van der Waals surface area contributed by atoms with E-state index in [0.717, 1.165) is 28.8 Å². The highest BCUT2D eigenvalue weighted by Crippen LogP contribution is 2.24. The number of primary amides is 1. The van der Waals surface area contributed by atoms with Crippen LogP contribution in [-0.4, -0.2) is 39.5 Å². The third-order valence-corrected chi connectivity index (χ3v) is 4.60. The Morgan fingerprint density at radius 3 is 2.58 bits per heavy atom. The second kappa shape index (κ2) is 6.39. The lowest BCUT2D eigenvalue weighted by molar-refractivity contribution is -0.121. The number of amides is 2. The van der Waals surface area contributed by atoms with Crippen molar-refractivity contribution in [1.82, 2.24) is 15.1 Å². The van der Waals surface area contributed by atoms with Gasteiger partial charge in [0.25, 0.3) is 5.91 Å². The number of nitrogens with two attached hydrogens (primary N) is 1. The number of aryl methyl sites for hydroxylation is 1. The third kappa shape index (κ3) is 2.87. The summed E-state index contributed by atoms with van der Waals surface area (Å²) >= 11 is 0. The van der Waals surface area contributed by atoms with Crippen LogP contribution < -0.4 is 5.73 Å². The first-order chi connectivity index (χ1) is 11.5. The Morgan fingerprint density at radius 1 is 1.21 bits per heavy atom. The summed E-state index contributed by atoms with van der Waals surface area (Å²) in [6.07, 6.45) is 3.17. The largest absolute Gasteiger partial charge is 0.368 e. The highest BCUT2D eigenvalue weighted by molar-refractivity contribution is 5.98. The van der Waals surface area contributed by atoms with Gasteiger partial charge in [0.05, 0.1) is 11.9 Å². The van der Waals surface area contributed by atoms with Crippen LogP contribution in [0.3, 0.4) is 0 Å². The zero-order valence-corrected chi connectivity index (χ0v) is 13.8. The second-order valence-electron chi connectivity index (χ2n) is 6.14. The van der Waals surface area contributed by atoms with Gasteiger partial charge in [-0.1, -0.05) is 12.1 Å². The molecule has 2 aromatic rings. The molecule has 1 aliphatic rings. The zero-order chi connectivity index (χ0) is 17.3. The van der Waals surface area contributed by atoms with Gasteiger partial charge in [-0.15, -0.1) is 0 Å². The highest BCUT2D eigenvalue weighted by atomic mass is 16.2. The molecule has 0 radical (unpaired) electrons. The summed E-state index contributed by atoms with van der Waals surface area (Å²) < 4.78 is 0. The summed E-state index contributed by atoms with van der Waals surface area (Å²) in [5.74, 6) is -0.599. The molecule has 0 aliphatic carbocycles. The monoisotopic (exact) mass is 324 g/mol. The fourth-order valence-corrected chi connectivity index (χ4v) is 3.05. The van der Waals surface area contributed by atoms with Crippen LogP contribution in [-0.2, 0) is 4.79 Å².